The molecule has 402 valence electrons. The number of alkyl halides is 5. The topological polar surface area (TPSA) is 51.2 Å². The summed E-state index contributed by atoms with van der Waals surface area (Å²) in [5.74, 6) is 2.53. The SMILES string of the molecule is CC(Cl)CCl.CCBr.CCC(C)=O.CCCC(C)=O.CCCCCC.CCCCCCC.CCCCCCC(C)=O.CCCCCCCCCCCCCCCC.ClC=CCl.ClCCCl. The molecule has 0 aliphatic heterocycles. The second-order valence-electron chi connectivity index (χ2n) is 15.9. The van der Waals surface area contributed by atoms with E-state index in [0.717, 1.165) is 31.0 Å². The van der Waals surface area contributed by atoms with Gasteiger partial charge in [-0.25, -0.2) is 0 Å². The number of carbonyl (C=O) groups excluding carboxylic acids is 3. The van der Waals surface area contributed by atoms with Crippen LogP contribution < -0.4 is 0 Å². The minimum absolute atomic E-state index is 0.122. The molecule has 0 N–H and O–H groups in total. The van der Waals surface area contributed by atoms with E-state index < -0.39 is 0 Å². The molecule has 0 aromatic heterocycles. The van der Waals surface area contributed by atoms with Crippen LogP contribution in [-0.4, -0.2) is 45.7 Å². The van der Waals surface area contributed by atoms with E-state index in [1.807, 2.05) is 27.7 Å². The minimum atomic E-state index is 0.122. The van der Waals surface area contributed by atoms with E-state index in [0.29, 0.717) is 29.8 Å². The Balaban J connectivity index is -0.0000000678. The lowest BCUT2D eigenvalue weighted by Gasteiger charge is -2.02. The molecule has 1 unspecified atom stereocenters. The molecule has 0 radical (unpaired) electrons. The lowest BCUT2D eigenvalue weighted by molar-refractivity contribution is -0.117. The fourth-order valence-corrected chi connectivity index (χ4v) is 4.60. The van der Waals surface area contributed by atoms with Crippen LogP contribution in [0.4, 0.5) is 0 Å². The Hall–Kier alpha value is 0.970. The van der Waals surface area contributed by atoms with Crippen LogP contribution in [0.5, 0.6) is 0 Å². The van der Waals surface area contributed by atoms with Gasteiger partial charge in [-0.3, -0.25) is 0 Å². The summed E-state index contributed by atoms with van der Waals surface area (Å²) in [6, 6.07) is 0. The van der Waals surface area contributed by atoms with E-state index in [2.05, 4.69) is 64.4 Å². The van der Waals surface area contributed by atoms with Crippen molar-refractivity contribution in [3.05, 3.63) is 11.1 Å². The molecule has 0 fully saturated rings. The van der Waals surface area contributed by atoms with Gasteiger partial charge in [-0.05, 0) is 40.5 Å². The number of halogens is 7. The predicted octanol–water partition coefficient (Wildman–Crippen LogP) is 23.6. The first-order chi connectivity index (χ1) is 31.1. The monoisotopic (exact) mass is 1110 g/mol. The zero-order valence-corrected chi connectivity index (χ0v) is 52.0. The van der Waals surface area contributed by atoms with Crippen molar-refractivity contribution in [1.82, 2.24) is 0 Å². The zero-order valence-electron chi connectivity index (χ0n) is 45.9. The molecule has 0 aromatic rings. The van der Waals surface area contributed by atoms with Crippen molar-refractivity contribution in [3.8, 4) is 0 Å². The van der Waals surface area contributed by atoms with Crippen molar-refractivity contribution in [2.75, 3.05) is 23.0 Å². The fraction of sp³-hybridized carbons (Fsp3) is 0.909. The molecular weight excluding hydrogens is 1000 g/mol. The summed E-state index contributed by atoms with van der Waals surface area (Å²) >= 11 is 33.5. The van der Waals surface area contributed by atoms with E-state index in [1.54, 1.807) is 20.8 Å². The van der Waals surface area contributed by atoms with Gasteiger partial charge in [-0.2, -0.15) is 0 Å². The summed E-state index contributed by atoms with van der Waals surface area (Å²) in [6.07, 6.45) is 41.0. The van der Waals surface area contributed by atoms with Crippen LogP contribution in [0.3, 0.4) is 0 Å². The number of rotatable bonds is 30. The number of carbonyl (C=O) groups is 3. The van der Waals surface area contributed by atoms with Crippen molar-refractivity contribution in [2.45, 2.75) is 301 Å². The first-order valence-electron chi connectivity index (χ1n) is 26.3. The quantitative estimate of drug-likeness (QED) is 0.0532. The summed E-state index contributed by atoms with van der Waals surface area (Å²) < 4.78 is 0. The van der Waals surface area contributed by atoms with Gasteiger partial charge in [0.25, 0.3) is 0 Å². The molecule has 1 atom stereocenters. The number of Topliss-reactive ketones (excluding diaryl/α,β-unsaturated/α-hetero) is 3. The lowest BCUT2D eigenvalue weighted by atomic mass is 10.0. The molecule has 0 heterocycles. The van der Waals surface area contributed by atoms with Crippen LogP contribution >= 0.6 is 85.5 Å². The maximum atomic E-state index is 10.4. The van der Waals surface area contributed by atoms with Crippen LogP contribution in [0.1, 0.15) is 296 Å². The normalized spacial score (nSPS) is 9.68. The third-order valence-corrected chi connectivity index (χ3v) is 10.2. The molecule has 0 bridgehead atoms. The van der Waals surface area contributed by atoms with Gasteiger partial charge in [0, 0.05) is 58.7 Å². The highest BCUT2D eigenvalue weighted by atomic mass is 79.9. The van der Waals surface area contributed by atoms with Crippen molar-refractivity contribution < 1.29 is 14.4 Å². The average Bonchev–Trinajstić information content (AvgIpc) is 3.29. The molecule has 0 aliphatic carbocycles. The lowest BCUT2D eigenvalue weighted by Crippen LogP contribution is -1.88. The highest BCUT2D eigenvalue weighted by Gasteiger charge is 1.93. The highest BCUT2D eigenvalue weighted by molar-refractivity contribution is 9.09. The minimum Gasteiger partial charge on any atom is -0.300 e. The van der Waals surface area contributed by atoms with E-state index in [1.165, 1.54) is 178 Å². The molecule has 3 nitrogen and oxygen atoms in total. The summed E-state index contributed by atoms with van der Waals surface area (Å²) in [6.45, 7) is 28.3. The molecule has 0 rings (SSSR count). The molecule has 65 heavy (non-hydrogen) atoms. The van der Waals surface area contributed by atoms with Crippen LogP contribution in [0, 0.1) is 0 Å². The first kappa shape index (κ1) is 88.9. The molecule has 0 saturated heterocycles. The van der Waals surface area contributed by atoms with Gasteiger partial charge in [-0.1, -0.05) is 275 Å². The summed E-state index contributed by atoms with van der Waals surface area (Å²) in [7, 11) is 0. The van der Waals surface area contributed by atoms with Crippen molar-refractivity contribution in [2.24, 2.45) is 0 Å². The van der Waals surface area contributed by atoms with E-state index in [-0.39, 0.29) is 16.9 Å². The Morgan fingerprint density at radius 2 is 0.585 bits per heavy atom. The molecule has 0 spiro atoms. The van der Waals surface area contributed by atoms with Crippen LogP contribution in [-0.2, 0) is 14.4 Å². The average molecular weight is 1120 g/mol. The summed E-state index contributed by atoms with van der Waals surface area (Å²) in [5, 5.41) is 1.18. The first-order valence-corrected chi connectivity index (χ1v) is 30.3. The number of ketones is 3. The van der Waals surface area contributed by atoms with Crippen LogP contribution in [0.25, 0.3) is 0 Å². The van der Waals surface area contributed by atoms with Gasteiger partial charge in [0.1, 0.15) is 17.3 Å². The molecule has 10 heteroatoms. The fourth-order valence-electron chi connectivity index (χ4n) is 4.60. The highest BCUT2D eigenvalue weighted by Crippen LogP contribution is 2.12. The van der Waals surface area contributed by atoms with Crippen molar-refractivity contribution >= 4 is 103 Å². The molecule has 0 amide bonds. The molecule has 0 aromatic carbocycles. The van der Waals surface area contributed by atoms with Gasteiger partial charge in [0.2, 0.25) is 0 Å². The van der Waals surface area contributed by atoms with Gasteiger partial charge < -0.3 is 14.4 Å². The third-order valence-electron chi connectivity index (χ3n) is 8.44. The maximum Gasteiger partial charge on any atom is 0.129 e. The Morgan fingerprint density at radius 3 is 0.708 bits per heavy atom. The second-order valence-corrected chi connectivity index (χ2v) is 19.3. The Labute approximate surface area is 449 Å². The Morgan fingerprint density at radius 1 is 0.400 bits per heavy atom. The molecule has 0 saturated carbocycles. The number of unbranched alkanes of at least 4 members (excludes halogenated alkanes) is 23. The third kappa shape index (κ3) is 199. The smallest absolute Gasteiger partial charge is 0.129 e. The largest absolute Gasteiger partial charge is 0.300 e. The molecule has 0 aliphatic rings. The molecular formula is C55H115BrCl6O3. The van der Waals surface area contributed by atoms with Crippen LogP contribution in [0.15, 0.2) is 11.1 Å². The predicted molar refractivity (Wildman–Crippen MR) is 314 cm³/mol. The Bertz CT molecular complexity index is 731. The standard InChI is InChI=1S/C16H34.C8H16O.C7H16.C6H14.C5H10O.C4H8O.C3H6Cl2.C2H5Br.C2H4Cl2.C2H2Cl2/c1-3-5-7-9-11-13-15-16-14-12-10-8-6-4-2;1-3-4-5-6-7-8(2)9;1-3-5-7-6-4-2;1-3-5-6-4-2;1-3-4-5(2)6;1-3-4(2)5;1-3(5)2-4;1-2-3;2*3-1-2-4/h3-16H2,1-2H3;3-7H2,1-2H3;3-7H2,1-2H3;3-6H2,1-2H3;3-4H2,1-2H3;3H2,1-2H3;3H,2H2,1H3;2H2,1H3;1-2H2;1-2H. The van der Waals surface area contributed by atoms with Crippen LogP contribution in [0.2, 0.25) is 0 Å². The van der Waals surface area contributed by atoms with Gasteiger partial charge in [-0.15, -0.1) is 46.4 Å². The Kier molecular flexibility index (Phi) is 146. The van der Waals surface area contributed by atoms with Gasteiger partial charge in [0.15, 0.2) is 0 Å². The summed E-state index contributed by atoms with van der Waals surface area (Å²) in [5.41, 5.74) is 2.48. The number of hydrogen-bond donors (Lipinski definition) is 0. The second kappa shape index (κ2) is 106. The van der Waals surface area contributed by atoms with E-state index >= 15 is 0 Å². The van der Waals surface area contributed by atoms with Crippen molar-refractivity contribution in [3.63, 3.8) is 0 Å². The van der Waals surface area contributed by atoms with Crippen molar-refractivity contribution in [1.29, 1.82) is 0 Å². The zero-order chi connectivity index (χ0) is 52.5. The maximum absolute atomic E-state index is 10.4. The van der Waals surface area contributed by atoms with E-state index in [4.69, 9.17) is 69.6 Å². The van der Waals surface area contributed by atoms with Gasteiger partial charge >= 0.3 is 0 Å². The van der Waals surface area contributed by atoms with Gasteiger partial charge in [0.05, 0.1) is 0 Å². The van der Waals surface area contributed by atoms with E-state index in [9.17, 15) is 14.4 Å². The number of hydrogen-bond acceptors (Lipinski definition) is 3. The summed E-state index contributed by atoms with van der Waals surface area (Å²) in [4.78, 5) is 30.3.